The SMILES string of the molecule is CC(C(=O)O)=C(NC=O)c1ccccc1. The average molecular weight is 205 g/mol. The van der Waals surface area contributed by atoms with Gasteiger partial charge in [-0.3, -0.25) is 4.79 Å². The molecule has 0 heterocycles. The van der Waals surface area contributed by atoms with E-state index in [1.165, 1.54) is 6.92 Å². The maximum Gasteiger partial charge on any atom is 0.333 e. The number of amides is 1. The van der Waals surface area contributed by atoms with E-state index in [1.807, 2.05) is 6.07 Å². The molecule has 78 valence electrons. The van der Waals surface area contributed by atoms with Crippen molar-refractivity contribution in [2.45, 2.75) is 6.92 Å². The first-order chi connectivity index (χ1) is 7.16. The number of hydrogen-bond donors (Lipinski definition) is 2. The molecule has 0 fully saturated rings. The first kappa shape index (κ1) is 11.0. The van der Waals surface area contributed by atoms with Crippen LogP contribution >= 0.6 is 0 Å². The van der Waals surface area contributed by atoms with Crippen molar-refractivity contribution < 1.29 is 14.7 Å². The van der Waals surface area contributed by atoms with E-state index in [-0.39, 0.29) is 5.57 Å². The van der Waals surface area contributed by atoms with Gasteiger partial charge in [0.25, 0.3) is 0 Å². The number of aliphatic carboxylic acids is 1. The highest BCUT2D eigenvalue weighted by Crippen LogP contribution is 2.15. The van der Waals surface area contributed by atoms with Gasteiger partial charge in [-0.1, -0.05) is 30.3 Å². The standard InChI is InChI=1S/C11H11NO3/c1-8(11(14)15)10(12-7-13)9-5-3-2-4-6-9/h2-7H,1H3,(H,12,13)(H,14,15). The quantitative estimate of drug-likeness (QED) is 0.574. The number of hydrogen-bond acceptors (Lipinski definition) is 2. The van der Waals surface area contributed by atoms with Crippen molar-refractivity contribution in [3.05, 3.63) is 41.5 Å². The molecule has 0 saturated carbocycles. The third kappa shape index (κ3) is 2.67. The van der Waals surface area contributed by atoms with Gasteiger partial charge in [-0.2, -0.15) is 0 Å². The minimum absolute atomic E-state index is 0.105. The Bertz CT molecular complexity index is 396. The summed E-state index contributed by atoms with van der Waals surface area (Å²) >= 11 is 0. The van der Waals surface area contributed by atoms with Gasteiger partial charge < -0.3 is 10.4 Å². The predicted octanol–water partition coefficient (Wildman–Crippen LogP) is 1.25. The number of carbonyl (C=O) groups excluding carboxylic acids is 1. The van der Waals surface area contributed by atoms with Gasteiger partial charge in [-0.05, 0) is 12.5 Å². The van der Waals surface area contributed by atoms with Crippen LogP contribution in [0.2, 0.25) is 0 Å². The summed E-state index contributed by atoms with van der Waals surface area (Å²) in [5.74, 6) is -1.05. The maximum atomic E-state index is 10.8. The topological polar surface area (TPSA) is 66.4 Å². The van der Waals surface area contributed by atoms with E-state index in [4.69, 9.17) is 5.11 Å². The summed E-state index contributed by atoms with van der Waals surface area (Å²) in [4.78, 5) is 21.2. The molecule has 4 heteroatoms. The second-order valence-corrected chi connectivity index (χ2v) is 2.93. The Hall–Kier alpha value is -2.10. The molecule has 0 radical (unpaired) electrons. The Balaban J connectivity index is 3.20. The van der Waals surface area contributed by atoms with E-state index in [2.05, 4.69) is 5.32 Å². The lowest BCUT2D eigenvalue weighted by Crippen LogP contribution is -2.14. The van der Waals surface area contributed by atoms with Gasteiger partial charge in [0, 0.05) is 0 Å². The van der Waals surface area contributed by atoms with Gasteiger partial charge in [-0.25, -0.2) is 4.79 Å². The molecule has 0 spiro atoms. The third-order valence-corrected chi connectivity index (χ3v) is 1.96. The lowest BCUT2D eigenvalue weighted by molar-refractivity contribution is -0.132. The monoisotopic (exact) mass is 205 g/mol. The van der Waals surface area contributed by atoms with Crippen LogP contribution in [0.4, 0.5) is 0 Å². The molecule has 1 aromatic carbocycles. The second kappa shape index (κ2) is 4.95. The van der Waals surface area contributed by atoms with Crippen LogP contribution in [0.3, 0.4) is 0 Å². The number of rotatable bonds is 4. The molecule has 0 bridgehead atoms. The van der Waals surface area contributed by atoms with E-state index in [1.54, 1.807) is 24.3 Å². The average Bonchev–Trinajstić information content (AvgIpc) is 2.26. The summed E-state index contributed by atoms with van der Waals surface area (Å²) < 4.78 is 0. The molecule has 0 aliphatic rings. The smallest absolute Gasteiger partial charge is 0.333 e. The zero-order valence-electron chi connectivity index (χ0n) is 8.23. The van der Waals surface area contributed by atoms with Crippen LogP contribution in [0.5, 0.6) is 0 Å². The van der Waals surface area contributed by atoms with E-state index >= 15 is 0 Å². The molecule has 0 unspecified atom stereocenters. The number of carboxylic acids is 1. The summed E-state index contributed by atoms with van der Waals surface area (Å²) in [7, 11) is 0. The Morgan fingerprint density at radius 1 is 1.33 bits per heavy atom. The van der Waals surface area contributed by atoms with E-state index in [0.29, 0.717) is 17.7 Å². The fourth-order valence-electron chi connectivity index (χ4n) is 1.18. The molecular formula is C11H11NO3. The molecule has 1 aromatic rings. The molecule has 2 N–H and O–H groups in total. The Labute approximate surface area is 87.2 Å². The normalized spacial score (nSPS) is 11.5. The molecule has 0 aliphatic heterocycles. The highest BCUT2D eigenvalue weighted by atomic mass is 16.4. The van der Waals surface area contributed by atoms with E-state index in [0.717, 1.165) is 0 Å². The van der Waals surface area contributed by atoms with Crippen LogP contribution in [0.25, 0.3) is 5.70 Å². The van der Waals surface area contributed by atoms with Crippen molar-refractivity contribution >= 4 is 18.1 Å². The van der Waals surface area contributed by atoms with Crippen LogP contribution in [0.15, 0.2) is 35.9 Å². The summed E-state index contributed by atoms with van der Waals surface area (Å²) in [6.45, 7) is 1.45. The summed E-state index contributed by atoms with van der Waals surface area (Å²) in [5, 5.41) is 11.2. The van der Waals surface area contributed by atoms with Gasteiger partial charge in [0.2, 0.25) is 6.41 Å². The van der Waals surface area contributed by atoms with Crippen LogP contribution in [0.1, 0.15) is 12.5 Å². The van der Waals surface area contributed by atoms with Crippen molar-refractivity contribution in [1.29, 1.82) is 0 Å². The molecule has 15 heavy (non-hydrogen) atoms. The molecule has 0 atom stereocenters. The van der Waals surface area contributed by atoms with Crippen LogP contribution in [0, 0.1) is 0 Å². The van der Waals surface area contributed by atoms with Gasteiger partial charge in [0.05, 0.1) is 11.3 Å². The molecule has 4 nitrogen and oxygen atoms in total. The zero-order chi connectivity index (χ0) is 11.3. The fourth-order valence-corrected chi connectivity index (χ4v) is 1.18. The van der Waals surface area contributed by atoms with Gasteiger partial charge in [0.15, 0.2) is 0 Å². The molecular weight excluding hydrogens is 194 g/mol. The minimum atomic E-state index is -1.05. The van der Waals surface area contributed by atoms with Gasteiger partial charge in [-0.15, -0.1) is 0 Å². The van der Waals surface area contributed by atoms with Crippen molar-refractivity contribution in [1.82, 2.24) is 5.32 Å². The lowest BCUT2D eigenvalue weighted by atomic mass is 10.1. The van der Waals surface area contributed by atoms with Gasteiger partial charge >= 0.3 is 5.97 Å². The largest absolute Gasteiger partial charge is 0.478 e. The third-order valence-electron chi connectivity index (χ3n) is 1.96. The van der Waals surface area contributed by atoms with Crippen molar-refractivity contribution in [2.24, 2.45) is 0 Å². The maximum absolute atomic E-state index is 10.8. The Morgan fingerprint density at radius 3 is 2.40 bits per heavy atom. The molecule has 1 rings (SSSR count). The molecule has 0 saturated heterocycles. The fraction of sp³-hybridized carbons (Fsp3) is 0.0909. The predicted molar refractivity (Wildman–Crippen MR) is 55.9 cm³/mol. The Morgan fingerprint density at radius 2 is 1.93 bits per heavy atom. The zero-order valence-corrected chi connectivity index (χ0v) is 8.23. The molecule has 0 aliphatic carbocycles. The summed E-state index contributed by atoms with van der Waals surface area (Å²) in [6.07, 6.45) is 0.467. The summed E-state index contributed by atoms with van der Waals surface area (Å²) in [6, 6.07) is 8.84. The lowest BCUT2D eigenvalue weighted by Gasteiger charge is -2.08. The van der Waals surface area contributed by atoms with Crippen molar-refractivity contribution in [3.63, 3.8) is 0 Å². The number of nitrogens with one attached hydrogen (secondary N) is 1. The number of carbonyl (C=O) groups is 2. The van der Waals surface area contributed by atoms with E-state index < -0.39 is 5.97 Å². The van der Waals surface area contributed by atoms with E-state index in [9.17, 15) is 9.59 Å². The van der Waals surface area contributed by atoms with Crippen LogP contribution < -0.4 is 5.32 Å². The second-order valence-electron chi connectivity index (χ2n) is 2.93. The van der Waals surface area contributed by atoms with Gasteiger partial charge in [0.1, 0.15) is 0 Å². The molecule has 0 aromatic heterocycles. The van der Waals surface area contributed by atoms with Crippen molar-refractivity contribution in [3.8, 4) is 0 Å². The Kier molecular flexibility index (Phi) is 3.62. The first-order valence-corrected chi connectivity index (χ1v) is 4.36. The first-order valence-electron chi connectivity index (χ1n) is 4.36. The minimum Gasteiger partial charge on any atom is -0.478 e. The highest BCUT2D eigenvalue weighted by Gasteiger charge is 2.10. The highest BCUT2D eigenvalue weighted by molar-refractivity contribution is 5.96. The van der Waals surface area contributed by atoms with Crippen molar-refractivity contribution in [2.75, 3.05) is 0 Å². The summed E-state index contributed by atoms with van der Waals surface area (Å²) in [5.41, 5.74) is 1.09. The van der Waals surface area contributed by atoms with Crippen LogP contribution in [-0.2, 0) is 9.59 Å². The molecule has 1 amide bonds. The number of benzene rings is 1. The van der Waals surface area contributed by atoms with Crippen LogP contribution in [-0.4, -0.2) is 17.5 Å². The number of carboxylic acid groups (broad SMARTS) is 1.